The Labute approximate surface area is 119 Å². The van der Waals surface area contributed by atoms with Crippen molar-refractivity contribution in [2.24, 2.45) is 5.92 Å². The number of hydrogen-bond donors (Lipinski definition) is 0. The Morgan fingerprint density at radius 2 is 2.00 bits per heavy atom. The summed E-state index contributed by atoms with van der Waals surface area (Å²) >= 11 is 1.75. The predicted octanol–water partition coefficient (Wildman–Crippen LogP) is 3.13. The first-order valence-electron chi connectivity index (χ1n) is 7.23. The van der Waals surface area contributed by atoms with E-state index in [2.05, 4.69) is 33.2 Å². The fourth-order valence-electron chi connectivity index (χ4n) is 2.58. The molecule has 104 valence electrons. The van der Waals surface area contributed by atoms with Gasteiger partial charge in [0, 0.05) is 24.9 Å². The van der Waals surface area contributed by atoms with Crippen molar-refractivity contribution in [2.45, 2.75) is 43.8 Å². The molecule has 0 unspecified atom stereocenters. The van der Waals surface area contributed by atoms with Gasteiger partial charge in [0.15, 0.2) is 5.16 Å². The van der Waals surface area contributed by atoms with Crippen LogP contribution in [0.3, 0.4) is 0 Å². The van der Waals surface area contributed by atoms with Crippen LogP contribution in [-0.2, 0) is 0 Å². The van der Waals surface area contributed by atoms with Gasteiger partial charge in [-0.05, 0) is 31.6 Å². The minimum Gasteiger partial charge on any atom is -0.341 e. The zero-order chi connectivity index (χ0) is 13.2. The molecular weight excluding hydrogens is 256 g/mol. The van der Waals surface area contributed by atoms with E-state index in [-0.39, 0.29) is 0 Å². The zero-order valence-corrected chi connectivity index (χ0v) is 12.4. The van der Waals surface area contributed by atoms with Gasteiger partial charge >= 0.3 is 0 Å². The molecule has 1 saturated heterocycles. The first kappa shape index (κ1) is 13.0. The number of hydrogen-bond acceptors (Lipinski definition) is 4. The van der Waals surface area contributed by atoms with E-state index in [4.69, 9.17) is 0 Å². The molecule has 5 heteroatoms. The number of nitrogens with zero attached hydrogens (tertiary/aromatic N) is 4. The average Bonchev–Trinajstić information content (AvgIpc) is 3.18. The van der Waals surface area contributed by atoms with Gasteiger partial charge in [0.1, 0.15) is 0 Å². The van der Waals surface area contributed by atoms with Gasteiger partial charge in [0.25, 0.3) is 0 Å². The number of rotatable bonds is 5. The molecule has 0 radical (unpaired) electrons. The van der Waals surface area contributed by atoms with Gasteiger partial charge in [-0.15, -0.1) is 16.8 Å². The maximum absolute atomic E-state index is 4.46. The summed E-state index contributed by atoms with van der Waals surface area (Å²) in [6, 6.07) is 0.636. The zero-order valence-electron chi connectivity index (χ0n) is 11.6. The van der Waals surface area contributed by atoms with E-state index < -0.39 is 0 Å². The highest BCUT2D eigenvalue weighted by molar-refractivity contribution is 7.99. The molecule has 3 rings (SSSR count). The van der Waals surface area contributed by atoms with Gasteiger partial charge in [-0.25, -0.2) is 0 Å². The van der Waals surface area contributed by atoms with Crippen LogP contribution in [0.1, 0.15) is 38.6 Å². The van der Waals surface area contributed by atoms with Gasteiger partial charge in [0.05, 0.1) is 0 Å². The van der Waals surface area contributed by atoms with Gasteiger partial charge in [0.2, 0.25) is 5.95 Å². The molecule has 0 bridgehead atoms. The Morgan fingerprint density at radius 1 is 1.26 bits per heavy atom. The van der Waals surface area contributed by atoms with Crippen LogP contribution in [0.15, 0.2) is 17.8 Å². The van der Waals surface area contributed by atoms with Crippen LogP contribution >= 0.6 is 11.8 Å². The lowest BCUT2D eigenvalue weighted by Gasteiger charge is -2.31. The Bertz CT molecular complexity index is 444. The van der Waals surface area contributed by atoms with Crippen molar-refractivity contribution in [1.82, 2.24) is 14.8 Å². The second-order valence-electron chi connectivity index (χ2n) is 5.65. The van der Waals surface area contributed by atoms with Gasteiger partial charge in [-0.2, -0.15) is 0 Å². The van der Waals surface area contributed by atoms with Crippen molar-refractivity contribution < 1.29 is 0 Å². The maximum Gasteiger partial charge on any atom is 0.228 e. The first-order valence-corrected chi connectivity index (χ1v) is 8.21. The molecule has 2 aliphatic rings. The largest absolute Gasteiger partial charge is 0.341 e. The summed E-state index contributed by atoms with van der Waals surface area (Å²) in [5.74, 6) is 2.85. The third kappa shape index (κ3) is 2.81. The van der Waals surface area contributed by atoms with Crippen LogP contribution in [0.25, 0.3) is 0 Å². The summed E-state index contributed by atoms with van der Waals surface area (Å²) in [4.78, 5) is 2.42. The fraction of sp³-hybridized carbons (Fsp3) is 0.714. The van der Waals surface area contributed by atoms with E-state index in [0.717, 1.165) is 35.9 Å². The van der Waals surface area contributed by atoms with E-state index >= 15 is 0 Å². The third-order valence-corrected chi connectivity index (χ3v) is 4.89. The minimum atomic E-state index is 0.636. The Morgan fingerprint density at radius 3 is 2.63 bits per heavy atom. The maximum atomic E-state index is 4.46. The molecule has 0 aromatic carbocycles. The lowest BCUT2D eigenvalue weighted by atomic mass is 10.00. The normalized spacial score (nSPS) is 20.8. The number of anilines is 1. The molecule has 19 heavy (non-hydrogen) atoms. The lowest BCUT2D eigenvalue weighted by molar-refractivity contribution is 0.429. The number of aromatic nitrogens is 3. The summed E-state index contributed by atoms with van der Waals surface area (Å²) in [5, 5.41) is 9.92. The van der Waals surface area contributed by atoms with Crippen LogP contribution in [0.4, 0.5) is 5.95 Å². The highest BCUT2D eigenvalue weighted by Crippen LogP contribution is 2.41. The molecule has 1 aliphatic carbocycles. The minimum absolute atomic E-state index is 0.636. The lowest BCUT2D eigenvalue weighted by Crippen LogP contribution is -2.34. The predicted molar refractivity (Wildman–Crippen MR) is 79.8 cm³/mol. The molecule has 1 aromatic rings. The van der Waals surface area contributed by atoms with Crippen molar-refractivity contribution in [3.05, 3.63) is 12.7 Å². The van der Waals surface area contributed by atoms with Crippen LogP contribution < -0.4 is 4.90 Å². The summed E-state index contributed by atoms with van der Waals surface area (Å²) in [6.07, 6.45) is 7.02. The first-order chi connectivity index (χ1) is 9.29. The molecule has 0 amide bonds. The van der Waals surface area contributed by atoms with Crippen LogP contribution in [0.2, 0.25) is 0 Å². The number of thioether (sulfide) groups is 1. The summed E-state index contributed by atoms with van der Waals surface area (Å²) in [6.45, 7) is 8.37. The molecule has 1 saturated carbocycles. The van der Waals surface area contributed by atoms with Gasteiger partial charge < -0.3 is 4.90 Å². The van der Waals surface area contributed by atoms with Crippen molar-refractivity contribution in [3.8, 4) is 0 Å². The van der Waals surface area contributed by atoms with Crippen LogP contribution in [0.5, 0.6) is 0 Å². The van der Waals surface area contributed by atoms with Crippen molar-refractivity contribution in [1.29, 1.82) is 0 Å². The topological polar surface area (TPSA) is 34.0 Å². The van der Waals surface area contributed by atoms with Gasteiger partial charge in [-0.1, -0.05) is 24.8 Å². The molecular formula is C14H22N4S. The quantitative estimate of drug-likeness (QED) is 0.612. The second-order valence-corrected chi connectivity index (χ2v) is 6.64. The molecule has 2 fully saturated rings. The van der Waals surface area contributed by atoms with Crippen molar-refractivity contribution in [3.63, 3.8) is 0 Å². The second kappa shape index (κ2) is 5.57. The van der Waals surface area contributed by atoms with E-state index in [1.807, 2.05) is 6.08 Å². The monoisotopic (exact) mass is 278 g/mol. The molecule has 4 nitrogen and oxygen atoms in total. The standard InChI is InChI=1S/C14H22N4S/c1-3-10-19-14-16-15-13(18(14)12-4-5-12)17-8-6-11(2)7-9-17/h3,11-12H,1,4-10H2,2H3. The van der Waals surface area contributed by atoms with E-state index in [0.29, 0.717) is 6.04 Å². The Balaban J connectivity index is 1.80. The Hall–Kier alpha value is -0.970. The molecule has 0 spiro atoms. The van der Waals surface area contributed by atoms with E-state index in [1.165, 1.54) is 25.7 Å². The fourth-order valence-corrected chi connectivity index (χ4v) is 3.31. The summed E-state index contributed by atoms with van der Waals surface area (Å²) in [7, 11) is 0. The van der Waals surface area contributed by atoms with E-state index in [9.17, 15) is 0 Å². The number of piperidine rings is 1. The van der Waals surface area contributed by atoms with E-state index in [1.54, 1.807) is 11.8 Å². The highest BCUT2D eigenvalue weighted by atomic mass is 32.2. The van der Waals surface area contributed by atoms with Crippen molar-refractivity contribution >= 4 is 17.7 Å². The summed E-state index contributed by atoms with van der Waals surface area (Å²) < 4.78 is 2.37. The molecule has 1 aromatic heterocycles. The molecule has 0 N–H and O–H groups in total. The van der Waals surface area contributed by atoms with Crippen LogP contribution in [-0.4, -0.2) is 33.6 Å². The van der Waals surface area contributed by atoms with Crippen LogP contribution in [0, 0.1) is 5.92 Å². The summed E-state index contributed by atoms with van der Waals surface area (Å²) in [5.41, 5.74) is 0. The third-order valence-electron chi connectivity index (χ3n) is 3.96. The molecule has 2 heterocycles. The Kier molecular flexibility index (Phi) is 3.82. The average molecular weight is 278 g/mol. The SMILES string of the molecule is C=CCSc1nnc(N2CCC(C)CC2)n1C1CC1. The van der Waals surface area contributed by atoms with Crippen molar-refractivity contribution in [2.75, 3.05) is 23.7 Å². The molecule has 0 atom stereocenters. The smallest absolute Gasteiger partial charge is 0.228 e. The van der Waals surface area contributed by atoms with Gasteiger partial charge in [-0.3, -0.25) is 4.57 Å². The molecule has 1 aliphatic heterocycles. The highest BCUT2D eigenvalue weighted by Gasteiger charge is 2.32.